The second-order valence-corrected chi connectivity index (χ2v) is 4.00. The average molecular weight is 409 g/mol. The molecule has 0 aliphatic rings. The van der Waals surface area contributed by atoms with Crippen molar-refractivity contribution in [3.05, 3.63) is 0 Å². The fourth-order valence-electron chi connectivity index (χ4n) is 1.48. The van der Waals surface area contributed by atoms with Gasteiger partial charge in [-0.3, -0.25) is 29.0 Å². The van der Waals surface area contributed by atoms with Crippen LogP contribution in [0.3, 0.4) is 0 Å². The van der Waals surface area contributed by atoms with E-state index in [1.807, 2.05) is 0 Å². The molecule has 0 radical (unpaired) electrons. The summed E-state index contributed by atoms with van der Waals surface area (Å²) in [5.41, 5.74) is 0. The van der Waals surface area contributed by atoms with Crippen LogP contribution in [0.15, 0.2) is 0 Å². The molecule has 0 saturated carbocycles. The summed E-state index contributed by atoms with van der Waals surface area (Å²) < 4.78 is 0. The first-order chi connectivity index (χ1) is 9.20. The Kier molecular flexibility index (Phi) is 39.6. The predicted molar refractivity (Wildman–Crippen MR) is 89.5 cm³/mol. The zero-order valence-corrected chi connectivity index (χ0v) is 15.2. The van der Waals surface area contributed by atoms with Gasteiger partial charge in [0.15, 0.2) is 0 Å². The van der Waals surface area contributed by atoms with E-state index in [2.05, 4.69) is 0 Å². The van der Waals surface area contributed by atoms with E-state index in [9.17, 15) is 19.2 Å². The topological polar surface area (TPSA) is 313 Å². The van der Waals surface area contributed by atoms with Crippen LogP contribution in [0.2, 0.25) is 0 Å². The Morgan fingerprint density at radius 3 is 0.808 bits per heavy atom. The van der Waals surface area contributed by atoms with E-state index in [4.69, 9.17) is 20.4 Å². The van der Waals surface area contributed by atoms with Crippen LogP contribution in [0.25, 0.3) is 0 Å². The summed E-state index contributed by atoms with van der Waals surface area (Å²) in [6.45, 7) is -2.25. The summed E-state index contributed by atoms with van der Waals surface area (Å²) in [4.78, 5) is 44.4. The van der Waals surface area contributed by atoms with E-state index in [0.717, 1.165) is 9.80 Å². The van der Waals surface area contributed by atoms with E-state index in [1.165, 1.54) is 0 Å². The summed E-state index contributed by atoms with van der Waals surface area (Å²) >= 11 is 0. The number of carbonyl (C=O) groups is 4. The minimum Gasteiger partial charge on any atom is -1.00 e. The number of nitrogens with zero attached hydrogens (tertiary/aromatic N) is 2. The maximum absolute atomic E-state index is 10.6. The number of rotatable bonds is 11. The molecular weight excluding hydrogens is 380 g/mol. The van der Waals surface area contributed by atoms with Gasteiger partial charge in [0.2, 0.25) is 0 Å². The zero-order valence-electron chi connectivity index (χ0n) is 15.8. The molecule has 0 rings (SSSR count). The Labute approximate surface area is 166 Å². The van der Waals surface area contributed by atoms with Crippen molar-refractivity contribution in [2.45, 2.75) is 0 Å². The van der Waals surface area contributed by atoms with Crippen molar-refractivity contribution in [3.63, 3.8) is 0 Å². The predicted octanol–water partition coefficient (Wildman–Crippen LogP) is -6.35. The number of carboxylic acid groups (broad SMARTS) is 4. The van der Waals surface area contributed by atoms with Gasteiger partial charge in [-0.25, -0.2) is 0 Å². The van der Waals surface area contributed by atoms with Crippen LogP contribution >= 0.6 is 0 Å². The van der Waals surface area contributed by atoms with Gasteiger partial charge in [0.05, 0.1) is 26.2 Å². The number of hydrogen-bond donors (Lipinski definition) is 4. The Hall–Kier alpha value is -1.63. The molecule has 0 atom stereocenters. The summed E-state index contributed by atoms with van der Waals surface area (Å²) in [6, 6.07) is 0. The van der Waals surface area contributed by atoms with Gasteiger partial charge < -0.3 is 50.7 Å². The van der Waals surface area contributed by atoms with E-state index < -0.39 is 50.1 Å². The van der Waals surface area contributed by atoms with Gasteiger partial charge in [-0.15, -0.1) is 0 Å². The summed E-state index contributed by atoms with van der Waals surface area (Å²) in [5.74, 6) is -4.91. The second-order valence-electron chi connectivity index (χ2n) is 4.00. The Balaban J connectivity index is -0.0000000645. The Bertz CT molecular complexity index is 338. The molecule has 158 valence electrons. The molecule has 0 bridgehead atoms. The maximum atomic E-state index is 10.6. The molecule has 0 aliphatic heterocycles. The van der Waals surface area contributed by atoms with Crippen LogP contribution in [-0.2, 0) is 19.2 Å². The first-order valence-corrected chi connectivity index (χ1v) is 5.52. The van der Waals surface area contributed by atoms with Crippen molar-refractivity contribution in [3.8, 4) is 0 Å². The van der Waals surface area contributed by atoms with Gasteiger partial charge in [-0.2, -0.15) is 0 Å². The van der Waals surface area contributed by atoms with Crippen molar-refractivity contribution in [2.75, 3.05) is 39.3 Å². The van der Waals surface area contributed by atoms with Gasteiger partial charge in [-0.05, 0) is 0 Å². The molecule has 15 nitrogen and oxygen atoms in total. The van der Waals surface area contributed by atoms with Gasteiger partial charge >= 0.3 is 46.9 Å². The molecule has 26 heavy (non-hydrogen) atoms. The molecule has 16 heteroatoms. The van der Waals surface area contributed by atoms with Gasteiger partial charge in [-0.1, -0.05) is 0 Å². The molecule has 0 unspecified atom stereocenters. The molecular formula is C10H28MgN2O13. The van der Waals surface area contributed by atoms with E-state index in [-0.39, 0.29) is 66.4 Å². The quantitative estimate of drug-likeness (QED) is 0.234. The SMILES string of the molecule is O.O.O.O.O.O=C(O)CN(CCN(CC(=O)O)CC(=O)O)CC(=O)O.[H-].[H-].[Mg+2]. The van der Waals surface area contributed by atoms with E-state index in [0.29, 0.717) is 0 Å². The first kappa shape index (κ1) is 44.1. The van der Waals surface area contributed by atoms with Crippen molar-refractivity contribution in [1.82, 2.24) is 9.80 Å². The third-order valence-corrected chi connectivity index (χ3v) is 2.17. The molecule has 0 saturated heterocycles. The minimum atomic E-state index is -1.23. The fourth-order valence-corrected chi connectivity index (χ4v) is 1.48. The zero-order chi connectivity index (χ0) is 15.7. The van der Waals surface area contributed by atoms with Crippen LogP contribution in [0.4, 0.5) is 0 Å². The van der Waals surface area contributed by atoms with Crippen molar-refractivity contribution in [1.29, 1.82) is 0 Å². The van der Waals surface area contributed by atoms with Crippen LogP contribution < -0.4 is 0 Å². The monoisotopic (exact) mass is 408 g/mol. The van der Waals surface area contributed by atoms with Crippen LogP contribution in [-0.4, -0.2) is 144 Å². The summed E-state index contributed by atoms with van der Waals surface area (Å²) in [6.07, 6.45) is 0. The van der Waals surface area contributed by atoms with Gasteiger partial charge in [0.25, 0.3) is 0 Å². The number of aliphatic carboxylic acids is 4. The van der Waals surface area contributed by atoms with Crippen molar-refractivity contribution < 1.29 is 69.8 Å². The van der Waals surface area contributed by atoms with Crippen molar-refractivity contribution in [2.24, 2.45) is 0 Å². The van der Waals surface area contributed by atoms with Gasteiger partial charge in [0, 0.05) is 13.1 Å². The first-order valence-electron chi connectivity index (χ1n) is 5.52. The smallest absolute Gasteiger partial charge is 1.00 e. The Morgan fingerprint density at radius 1 is 0.538 bits per heavy atom. The fraction of sp³-hybridized carbons (Fsp3) is 0.600. The molecule has 0 fully saturated rings. The standard InChI is InChI=1S/C10H16N2O8.Mg.5H2O.2H/c13-7(14)3-11(4-8(15)16)1-2-12(5-9(17)18)6-10(19)20;;;;;;;;/h1-6H2,(H,13,14)(H,15,16)(H,17,18)(H,19,20);;5*1H2;;/q;+2;;;;;;2*-1. The van der Waals surface area contributed by atoms with Crippen LogP contribution in [0.5, 0.6) is 0 Å². The van der Waals surface area contributed by atoms with Crippen LogP contribution in [0, 0.1) is 0 Å². The normalized spacial score (nSPS) is 8.23. The minimum absolute atomic E-state index is 0. The molecule has 0 aromatic rings. The summed E-state index contributed by atoms with van der Waals surface area (Å²) in [5, 5.41) is 34.5. The average Bonchev–Trinajstić information content (AvgIpc) is 2.22. The largest absolute Gasteiger partial charge is 2.00 e. The third-order valence-electron chi connectivity index (χ3n) is 2.17. The molecule has 0 spiro atoms. The second kappa shape index (κ2) is 23.4. The third kappa shape index (κ3) is 27.2. The van der Waals surface area contributed by atoms with Crippen molar-refractivity contribution >= 4 is 46.9 Å². The van der Waals surface area contributed by atoms with E-state index >= 15 is 0 Å². The number of carboxylic acids is 4. The molecule has 0 amide bonds. The molecule has 0 heterocycles. The van der Waals surface area contributed by atoms with E-state index in [1.54, 1.807) is 0 Å². The number of hydrogen-bond acceptors (Lipinski definition) is 6. The molecule has 0 aromatic heterocycles. The molecule has 14 N–H and O–H groups in total. The Morgan fingerprint density at radius 2 is 0.692 bits per heavy atom. The maximum Gasteiger partial charge on any atom is 2.00 e. The molecule has 0 aromatic carbocycles. The summed E-state index contributed by atoms with van der Waals surface area (Å²) in [7, 11) is 0. The molecule has 0 aliphatic carbocycles. The van der Waals surface area contributed by atoms with Crippen LogP contribution in [0.1, 0.15) is 2.85 Å². The van der Waals surface area contributed by atoms with Gasteiger partial charge in [0.1, 0.15) is 0 Å².